The van der Waals surface area contributed by atoms with Crippen LogP contribution in [0.3, 0.4) is 0 Å². The molecule has 4 atom stereocenters. The van der Waals surface area contributed by atoms with Crippen LogP contribution in [0.15, 0.2) is 61.4 Å². The molecular weight excluding hydrogens is 851 g/mol. The van der Waals surface area contributed by atoms with Gasteiger partial charge in [-0.05, 0) is 37.1 Å². The second-order valence-electron chi connectivity index (χ2n) is 16.0. The Hall–Kier alpha value is -7.07. The van der Waals surface area contributed by atoms with Gasteiger partial charge >= 0.3 is 18.4 Å². The normalized spacial score (nSPS) is 18.2. The molecule has 4 aliphatic rings. The van der Waals surface area contributed by atoms with E-state index in [2.05, 4.69) is 60.3 Å². The number of nitrogen functional groups attached to an aromatic ring is 1. The number of halogens is 6. The number of carbonyl (C=O) groups is 3. The first-order chi connectivity index (χ1) is 30.4. The van der Waals surface area contributed by atoms with Crippen LogP contribution in [0.2, 0.25) is 0 Å². The van der Waals surface area contributed by atoms with Crippen LogP contribution in [0.1, 0.15) is 60.5 Å². The number of amides is 2. The number of alkyl halides is 6. The molecule has 17 nitrogen and oxygen atoms in total. The number of aromatic nitrogens is 8. The van der Waals surface area contributed by atoms with Gasteiger partial charge in [0, 0.05) is 57.2 Å². The van der Waals surface area contributed by atoms with E-state index in [1.807, 2.05) is 0 Å². The maximum atomic E-state index is 13.2. The summed E-state index contributed by atoms with van der Waals surface area (Å²) in [5.41, 5.74) is 10.1. The molecule has 2 amide bonds. The predicted molar refractivity (Wildman–Crippen MR) is 225 cm³/mol. The van der Waals surface area contributed by atoms with Gasteiger partial charge in [-0.3, -0.25) is 19.8 Å². The van der Waals surface area contributed by atoms with E-state index in [1.165, 1.54) is 23.4 Å². The summed E-state index contributed by atoms with van der Waals surface area (Å²) in [6, 6.07) is 9.35. The lowest BCUT2D eigenvalue weighted by molar-refractivity contribution is -0.169. The summed E-state index contributed by atoms with van der Waals surface area (Å²) in [6.45, 7) is 5.13. The minimum Gasteiger partial charge on any atom is -0.384 e. The summed E-state index contributed by atoms with van der Waals surface area (Å²) in [5, 5.41) is 5.99. The molecule has 64 heavy (non-hydrogen) atoms. The lowest BCUT2D eigenvalue weighted by Crippen LogP contribution is -2.48. The molecule has 23 heteroatoms. The van der Waals surface area contributed by atoms with Gasteiger partial charge in [0.15, 0.2) is 23.2 Å². The first-order valence-electron chi connectivity index (χ1n) is 20.3. The number of hydrogen-bond donors (Lipinski definition) is 5. The highest BCUT2D eigenvalue weighted by molar-refractivity contribution is 6.05. The van der Waals surface area contributed by atoms with Gasteiger partial charge in [-0.25, -0.2) is 34.7 Å². The Morgan fingerprint density at radius 3 is 2.00 bits per heavy atom. The van der Waals surface area contributed by atoms with E-state index in [0.717, 1.165) is 55.6 Å². The fraction of sp³-hybridized carbons (Fsp3) is 0.390. The smallest absolute Gasteiger partial charge is 0.384 e. The van der Waals surface area contributed by atoms with Crippen LogP contribution in [-0.4, -0.2) is 108 Å². The molecule has 10 rings (SSSR count). The van der Waals surface area contributed by atoms with Crippen molar-refractivity contribution in [2.45, 2.75) is 64.0 Å². The zero-order valence-corrected chi connectivity index (χ0v) is 34.3. The highest BCUT2D eigenvalue weighted by atomic mass is 19.4. The molecule has 0 unspecified atom stereocenters. The topological polar surface area (TPSA) is 220 Å². The van der Waals surface area contributed by atoms with E-state index in [0.29, 0.717) is 54.2 Å². The van der Waals surface area contributed by atoms with Gasteiger partial charge in [0.25, 0.3) is 0 Å². The number of nitrogens with two attached hydrogens (primary N) is 1. The average molecular weight is 893 g/mol. The van der Waals surface area contributed by atoms with E-state index < -0.39 is 54.6 Å². The number of ketones is 2. The van der Waals surface area contributed by atoms with Crippen LogP contribution in [0.4, 0.5) is 65.8 Å². The van der Waals surface area contributed by atoms with Crippen LogP contribution < -0.4 is 31.1 Å². The van der Waals surface area contributed by atoms with Gasteiger partial charge in [-0.2, -0.15) is 26.3 Å². The Morgan fingerprint density at radius 1 is 0.766 bits per heavy atom. The second-order valence-corrected chi connectivity index (χ2v) is 16.0. The molecule has 0 spiro atoms. The summed E-state index contributed by atoms with van der Waals surface area (Å²) < 4.78 is 76.3. The van der Waals surface area contributed by atoms with E-state index >= 15 is 0 Å². The molecule has 10 heterocycles. The molecular formula is C41H42F6N14O3. The maximum absolute atomic E-state index is 13.2. The number of nitrogens with zero attached hydrogens (tertiary/aromatic N) is 9. The Kier molecular flexibility index (Phi) is 11.7. The highest BCUT2D eigenvalue weighted by Crippen LogP contribution is 2.40. The van der Waals surface area contributed by atoms with Crippen molar-refractivity contribution in [3.05, 3.63) is 72.8 Å². The van der Waals surface area contributed by atoms with E-state index in [-0.39, 0.29) is 23.2 Å². The number of urea groups is 1. The summed E-state index contributed by atoms with van der Waals surface area (Å²) >= 11 is 0. The molecule has 2 fully saturated rings. The minimum atomic E-state index is -4.47. The van der Waals surface area contributed by atoms with Gasteiger partial charge in [-0.15, -0.1) is 0 Å². The molecule has 0 aliphatic carbocycles. The number of imidazole rings is 2. The van der Waals surface area contributed by atoms with Gasteiger partial charge in [-0.1, -0.05) is 13.8 Å². The van der Waals surface area contributed by atoms with Crippen LogP contribution in [0.5, 0.6) is 0 Å². The summed E-state index contributed by atoms with van der Waals surface area (Å²) in [4.78, 5) is 74.1. The Labute approximate surface area is 360 Å². The lowest BCUT2D eigenvalue weighted by Gasteiger charge is -2.35. The number of anilines is 6. The quantitative estimate of drug-likeness (QED) is 0.0795. The lowest BCUT2D eigenvalue weighted by atomic mass is 10.0. The molecule has 0 radical (unpaired) electrons. The predicted octanol–water partition coefficient (Wildman–Crippen LogP) is 7.15. The molecule has 6 aromatic rings. The Balaban J connectivity index is 0.000000152. The van der Waals surface area contributed by atoms with Gasteiger partial charge in [0.2, 0.25) is 0 Å². The summed E-state index contributed by atoms with van der Waals surface area (Å²) in [7, 11) is 0. The number of rotatable bonds is 7. The third-order valence-electron chi connectivity index (χ3n) is 11.5. The first kappa shape index (κ1) is 43.6. The summed E-state index contributed by atoms with van der Waals surface area (Å²) in [5.74, 6) is -3.07. The number of fused-ring (bicyclic) bond motifs is 10. The average Bonchev–Trinajstić information content (AvgIpc) is 4.08. The van der Waals surface area contributed by atoms with Gasteiger partial charge in [0.1, 0.15) is 23.0 Å². The van der Waals surface area contributed by atoms with Crippen molar-refractivity contribution in [1.82, 2.24) is 39.9 Å². The minimum absolute atomic E-state index is 0.0961. The largest absolute Gasteiger partial charge is 0.391 e. The number of Topliss-reactive ketones (excluding diaryl/α,β-unsaturated/α-hetero) is 2. The molecule has 0 saturated carbocycles. The van der Waals surface area contributed by atoms with E-state index in [1.54, 1.807) is 43.0 Å². The number of aromatic amines is 2. The molecule has 4 bridgehead atoms. The Morgan fingerprint density at radius 2 is 1.34 bits per heavy atom. The molecule has 6 aromatic heterocycles. The van der Waals surface area contributed by atoms with Crippen molar-refractivity contribution in [3.63, 3.8) is 0 Å². The highest BCUT2D eigenvalue weighted by Gasteiger charge is 2.42. The van der Waals surface area contributed by atoms with E-state index in [9.17, 15) is 40.7 Å². The van der Waals surface area contributed by atoms with Crippen molar-refractivity contribution in [2.24, 2.45) is 11.8 Å². The standard InChI is InChI=1S/C21H20F3N7O2.C14H16F3N3O.C6H6N4/c1-11(21(22,23)24)6-17(32)13-2-3-16-19(28-13)31(12-4-5-30(16)9-12)20(33)29-18-7-14-15(8-25-18)27-10-26-14;1-8(14(15,16)17)6-12(21)10-2-3-11-13(19-10)18-9-4-5-20(11)7-9;7-6-1-4-5(2-8-6)10-3-9-4/h2-3,7-8,10-12H,4-6,9H2,1H3,(H,26,27)(H,25,29,33);2-3,8-9H,4-7H2,1H3,(H,18,19);1-3H,(H2,7,8)(H,9,10)/t11-,12-;8-,9-;/m00./s1. The van der Waals surface area contributed by atoms with Gasteiger partial charge < -0.3 is 30.8 Å². The zero-order chi connectivity index (χ0) is 45.5. The molecule has 6 N–H and O–H groups in total. The fourth-order valence-electron chi connectivity index (χ4n) is 7.80. The van der Waals surface area contributed by atoms with Crippen LogP contribution in [0.25, 0.3) is 22.1 Å². The number of carbonyl (C=O) groups excluding carboxylic acids is 3. The maximum Gasteiger partial charge on any atom is 0.391 e. The zero-order valence-electron chi connectivity index (χ0n) is 34.3. The summed E-state index contributed by atoms with van der Waals surface area (Å²) in [6.07, 6.45) is -2.04. The van der Waals surface area contributed by atoms with Crippen LogP contribution >= 0.6 is 0 Å². The monoisotopic (exact) mass is 892 g/mol. The van der Waals surface area contributed by atoms with Crippen molar-refractivity contribution in [1.29, 1.82) is 0 Å². The van der Waals surface area contributed by atoms with Crippen LogP contribution in [-0.2, 0) is 0 Å². The number of pyridine rings is 4. The van der Waals surface area contributed by atoms with Gasteiger partial charge in [0.05, 0.1) is 76.4 Å². The second kappa shape index (κ2) is 17.2. The fourth-order valence-corrected chi connectivity index (χ4v) is 7.80. The van der Waals surface area contributed by atoms with Crippen molar-refractivity contribution in [2.75, 3.05) is 57.2 Å². The third kappa shape index (κ3) is 9.32. The number of hydrogen-bond acceptors (Lipinski definition) is 13. The van der Waals surface area contributed by atoms with Crippen LogP contribution in [0, 0.1) is 11.8 Å². The molecule has 336 valence electrons. The third-order valence-corrected chi connectivity index (χ3v) is 11.5. The molecule has 2 saturated heterocycles. The Bertz CT molecular complexity index is 2700. The first-order valence-corrected chi connectivity index (χ1v) is 20.3. The van der Waals surface area contributed by atoms with Crippen molar-refractivity contribution < 1.29 is 40.7 Å². The van der Waals surface area contributed by atoms with E-state index in [4.69, 9.17) is 5.73 Å². The number of nitrogens with one attached hydrogen (secondary N) is 4. The number of H-pyrrole nitrogens is 2. The SMILES string of the molecule is C[C@@H](CC(=O)c1ccc2c(n1)N(C(=O)Nc1cc3nc[nH]c3cn1)[C@H]1CCN2C1)C(F)(F)F.C[C@@H](CC(=O)c1ccc2c(n1)N[C@H]1CCN2C1)C(F)(F)F.Nc1cc2nc[nH]c2cn1. The molecule has 0 aromatic carbocycles. The van der Waals surface area contributed by atoms with Crippen molar-refractivity contribution >= 4 is 74.3 Å². The van der Waals surface area contributed by atoms with Crippen molar-refractivity contribution in [3.8, 4) is 0 Å². The molecule has 4 aliphatic heterocycles.